The van der Waals surface area contributed by atoms with Crippen molar-refractivity contribution in [3.05, 3.63) is 35.9 Å². The number of carbonyl (C=O) groups is 4. The van der Waals surface area contributed by atoms with Crippen molar-refractivity contribution >= 4 is 29.7 Å². The first-order chi connectivity index (χ1) is 15.5. The van der Waals surface area contributed by atoms with Gasteiger partial charge in [0.1, 0.15) is 18.1 Å². The standard InChI is InChI=1S/C22H34N6O5/c1-13(2)18(20(31)27-16(21(32)33)10-7-11-25-22(23)24)28-19(30)17(26-14(3)29)12-15-8-5-4-6-9-15/h4-6,8-9,13,16-18H,7,10-12H2,1-3H3,(H,26,29)(H,27,31)(H,28,30)(H,32,33)(H4,23,24,25)/t16-,17-,18-/m0/s1. The lowest BCUT2D eigenvalue weighted by Gasteiger charge is -2.26. The minimum Gasteiger partial charge on any atom is -0.480 e. The molecule has 11 heteroatoms. The summed E-state index contributed by atoms with van der Waals surface area (Å²) in [6, 6.07) is 6.08. The second kappa shape index (κ2) is 13.7. The monoisotopic (exact) mass is 462 g/mol. The second-order valence-electron chi connectivity index (χ2n) is 8.02. The van der Waals surface area contributed by atoms with Crippen LogP contribution in [0.4, 0.5) is 0 Å². The first-order valence-electron chi connectivity index (χ1n) is 10.7. The molecule has 0 heterocycles. The molecule has 182 valence electrons. The summed E-state index contributed by atoms with van der Waals surface area (Å²) in [6.07, 6.45) is 0.690. The Labute approximate surface area is 193 Å². The summed E-state index contributed by atoms with van der Waals surface area (Å²) < 4.78 is 0. The number of carboxylic acids is 1. The van der Waals surface area contributed by atoms with Crippen LogP contribution in [0.2, 0.25) is 0 Å². The summed E-state index contributed by atoms with van der Waals surface area (Å²) in [6.45, 7) is 4.98. The number of carboxylic acid groups (broad SMARTS) is 1. The van der Waals surface area contributed by atoms with Gasteiger partial charge in [0.2, 0.25) is 17.7 Å². The fourth-order valence-corrected chi connectivity index (χ4v) is 3.12. The Hall–Kier alpha value is -3.63. The van der Waals surface area contributed by atoms with Crippen LogP contribution >= 0.6 is 0 Å². The lowest BCUT2D eigenvalue weighted by atomic mass is 10.00. The highest BCUT2D eigenvalue weighted by molar-refractivity contribution is 5.93. The van der Waals surface area contributed by atoms with Crippen molar-refractivity contribution in [2.24, 2.45) is 22.4 Å². The van der Waals surface area contributed by atoms with Crippen LogP contribution in [0.25, 0.3) is 0 Å². The number of benzene rings is 1. The molecule has 33 heavy (non-hydrogen) atoms. The highest BCUT2D eigenvalue weighted by Crippen LogP contribution is 2.08. The first-order valence-corrected chi connectivity index (χ1v) is 10.7. The minimum absolute atomic E-state index is 0.0993. The number of guanidine groups is 1. The highest BCUT2D eigenvalue weighted by atomic mass is 16.4. The van der Waals surface area contributed by atoms with Gasteiger partial charge < -0.3 is 32.5 Å². The highest BCUT2D eigenvalue weighted by Gasteiger charge is 2.31. The van der Waals surface area contributed by atoms with E-state index in [-0.39, 0.29) is 37.2 Å². The number of carbonyl (C=O) groups excluding carboxylic acids is 3. The molecule has 3 amide bonds. The molecule has 1 rings (SSSR count). The molecule has 0 spiro atoms. The molecule has 0 saturated heterocycles. The van der Waals surface area contributed by atoms with E-state index in [2.05, 4.69) is 20.9 Å². The zero-order valence-corrected chi connectivity index (χ0v) is 19.2. The molecule has 0 unspecified atom stereocenters. The zero-order chi connectivity index (χ0) is 25.0. The zero-order valence-electron chi connectivity index (χ0n) is 19.2. The number of nitrogens with zero attached hydrogens (tertiary/aromatic N) is 1. The molecule has 3 atom stereocenters. The third kappa shape index (κ3) is 10.5. The summed E-state index contributed by atoms with van der Waals surface area (Å²) in [7, 11) is 0. The van der Waals surface area contributed by atoms with E-state index in [1.165, 1.54) is 6.92 Å². The summed E-state index contributed by atoms with van der Waals surface area (Å²) in [5.41, 5.74) is 11.3. The lowest BCUT2D eigenvalue weighted by molar-refractivity contribution is -0.142. The van der Waals surface area contributed by atoms with Crippen molar-refractivity contribution in [3.8, 4) is 0 Å². The summed E-state index contributed by atoms with van der Waals surface area (Å²) in [5, 5.41) is 17.2. The van der Waals surface area contributed by atoms with Gasteiger partial charge in [-0.25, -0.2) is 4.79 Å². The third-order valence-electron chi connectivity index (χ3n) is 4.78. The fraction of sp³-hybridized carbons (Fsp3) is 0.500. The van der Waals surface area contributed by atoms with Gasteiger partial charge in [0.25, 0.3) is 0 Å². The van der Waals surface area contributed by atoms with Crippen molar-refractivity contribution < 1.29 is 24.3 Å². The third-order valence-corrected chi connectivity index (χ3v) is 4.78. The Kier molecular flexibility index (Phi) is 11.4. The Morgan fingerprint density at radius 2 is 1.61 bits per heavy atom. The van der Waals surface area contributed by atoms with Crippen LogP contribution in [-0.2, 0) is 25.6 Å². The van der Waals surface area contributed by atoms with E-state index < -0.39 is 35.9 Å². The Bertz CT molecular complexity index is 839. The number of hydrogen-bond donors (Lipinski definition) is 6. The van der Waals surface area contributed by atoms with E-state index in [0.717, 1.165) is 5.56 Å². The molecule has 0 saturated carbocycles. The van der Waals surface area contributed by atoms with Gasteiger partial charge in [-0.05, 0) is 24.3 Å². The molecule has 1 aromatic rings. The molecule has 0 aromatic heterocycles. The maximum Gasteiger partial charge on any atom is 0.326 e. The number of hydrogen-bond acceptors (Lipinski definition) is 5. The molecule has 11 nitrogen and oxygen atoms in total. The van der Waals surface area contributed by atoms with E-state index in [1.807, 2.05) is 30.3 Å². The predicted octanol–water partition coefficient (Wildman–Crippen LogP) is -0.502. The quantitative estimate of drug-likeness (QED) is 0.129. The number of rotatable bonds is 13. The number of nitrogens with two attached hydrogens (primary N) is 2. The van der Waals surface area contributed by atoms with E-state index in [9.17, 15) is 24.3 Å². The van der Waals surface area contributed by atoms with E-state index in [1.54, 1.807) is 13.8 Å². The minimum atomic E-state index is -1.21. The van der Waals surface area contributed by atoms with Gasteiger partial charge in [0, 0.05) is 19.9 Å². The molecule has 1 aromatic carbocycles. The maximum atomic E-state index is 12.9. The molecule has 0 aliphatic rings. The molecular weight excluding hydrogens is 428 g/mol. The molecule has 0 aliphatic heterocycles. The molecule has 0 fully saturated rings. The lowest BCUT2D eigenvalue weighted by Crippen LogP contribution is -2.57. The van der Waals surface area contributed by atoms with Gasteiger partial charge in [-0.15, -0.1) is 0 Å². The van der Waals surface area contributed by atoms with Crippen molar-refractivity contribution in [3.63, 3.8) is 0 Å². The van der Waals surface area contributed by atoms with Crippen LogP contribution in [0.5, 0.6) is 0 Å². The van der Waals surface area contributed by atoms with Crippen molar-refractivity contribution in [2.45, 2.75) is 58.2 Å². The summed E-state index contributed by atoms with van der Waals surface area (Å²) >= 11 is 0. The number of aliphatic carboxylic acids is 1. The SMILES string of the molecule is CC(=O)N[C@@H](Cc1ccccc1)C(=O)N[C@H](C(=O)N[C@@H](CCCN=C(N)N)C(=O)O)C(C)C. The first kappa shape index (κ1) is 27.4. The van der Waals surface area contributed by atoms with Crippen molar-refractivity contribution in [2.75, 3.05) is 6.54 Å². The number of aliphatic imine (C=N–C) groups is 1. The second-order valence-corrected chi connectivity index (χ2v) is 8.02. The molecular formula is C22H34N6O5. The number of amides is 3. The van der Waals surface area contributed by atoms with Crippen LogP contribution in [0, 0.1) is 5.92 Å². The van der Waals surface area contributed by atoms with Crippen LogP contribution in [0.1, 0.15) is 39.2 Å². The molecule has 8 N–H and O–H groups in total. The van der Waals surface area contributed by atoms with Crippen LogP contribution < -0.4 is 27.4 Å². The predicted molar refractivity (Wildman–Crippen MR) is 124 cm³/mol. The molecule has 0 aliphatic carbocycles. The van der Waals surface area contributed by atoms with Gasteiger partial charge in [-0.1, -0.05) is 44.2 Å². The fourth-order valence-electron chi connectivity index (χ4n) is 3.12. The molecule has 0 bridgehead atoms. The van der Waals surface area contributed by atoms with E-state index in [0.29, 0.717) is 6.42 Å². The average molecular weight is 463 g/mol. The van der Waals surface area contributed by atoms with Crippen molar-refractivity contribution in [1.82, 2.24) is 16.0 Å². The van der Waals surface area contributed by atoms with Gasteiger partial charge in [-0.3, -0.25) is 19.4 Å². The van der Waals surface area contributed by atoms with Gasteiger partial charge >= 0.3 is 5.97 Å². The topological polar surface area (TPSA) is 189 Å². The van der Waals surface area contributed by atoms with Gasteiger partial charge in [0.15, 0.2) is 5.96 Å². The Morgan fingerprint density at radius 1 is 0.970 bits per heavy atom. The van der Waals surface area contributed by atoms with Crippen LogP contribution in [-0.4, -0.2) is 59.4 Å². The van der Waals surface area contributed by atoms with Crippen LogP contribution in [0.3, 0.4) is 0 Å². The maximum absolute atomic E-state index is 12.9. The van der Waals surface area contributed by atoms with Gasteiger partial charge in [0.05, 0.1) is 0 Å². The van der Waals surface area contributed by atoms with E-state index >= 15 is 0 Å². The smallest absolute Gasteiger partial charge is 0.326 e. The summed E-state index contributed by atoms with van der Waals surface area (Å²) in [4.78, 5) is 52.8. The van der Waals surface area contributed by atoms with Crippen molar-refractivity contribution in [1.29, 1.82) is 0 Å². The Morgan fingerprint density at radius 3 is 2.12 bits per heavy atom. The largest absolute Gasteiger partial charge is 0.480 e. The number of nitrogens with one attached hydrogen (secondary N) is 3. The summed E-state index contributed by atoms with van der Waals surface area (Å²) in [5.74, 6) is -3.20. The van der Waals surface area contributed by atoms with Gasteiger partial charge in [-0.2, -0.15) is 0 Å². The van der Waals surface area contributed by atoms with E-state index in [4.69, 9.17) is 11.5 Å². The Balaban J connectivity index is 2.87. The average Bonchev–Trinajstić information content (AvgIpc) is 2.73. The van der Waals surface area contributed by atoms with Crippen LogP contribution in [0.15, 0.2) is 35.3 Å². The normalized spacial score (nSPS) is 13.3. The molecule has 0 radical (unpaired) electrons.